The molecular formula is C15H10N4O. The predicted octanol–water partition coefficient (Wildman–Crippen LogP) is 2.59. The van der Waals surface area contributed by atoms with Crippen LogP contribution in [-0.2, 0) is 6.42 Å². The monoisotopic (exact) mass is 262 g/mol. The summed E-state index contributed by atoms with van der Waals surface area (Å²) in [4.78, 5) is 8.24. The van der Waals surface area contributed by atoms with Crippen LogP contribution in [0.5, 0.6) is 0 Å². The molecule has 0 amide bonds. The summed E-state index contributed by atoms with van der Waals surface area (Å²) in [5, 5.41) is 12.8. The lowest BCUT2D eigenvalue weighted by molar-refractivity contribution is 0.424. The lowest BCUT2D eigenvalue weighted by Crippen LogP contribution is -1.90. The molecule has 0 saturated carbocycles. The van der Waals surface area contributed by atoms with Gasteiger partial charge in [-0.15, -0.1) is 0 Å². The van der Waals surface area contributed by atoms with Gasteiger partial charge in [-0.2, -0.15) is 10.2 Å². The van der Waals surface area contributed by atoms with Crippen LogP contribution in [0.3, 0.4) is 0 Å². The van der Waals surface area contributed by atoms with Crippen molar-refractivity contribution in [3.8, 4) is 17.5 Å². The Morgan fingerprint density at radius 1 is 1.15 bits per heavy atom. The van der Waals surface area contributed by atoms with Crippen molar-refractivity contribution in [3.63, 3.8) is 0 Å². The van der Waals surface area contributed by atoms with Crippen LogP contribution < -0.4 is 0 Å². The highest BCUT2D eigenvalue weighted by Gasteiger charge is 2.10. The number of benzene rings is 1. The van der Waals surface area contributed by atoms with Gasteiger partial charge in [0.25, 0.3) is 5.89 Å². The second-order valence-electron chi connectivity index (χ2n) is 4.22. The minimum absolute atomic E-state index is 0.324. The summed E-state index contributed by atoms with van der Waals surface area (Å²) in [6, 6.07) is 15.3. The zero-order chi connectivity index (χ0) is 13.8. The van der Waals surface area contributed by atoms with Gasteiger partial charge < -0.3 is 4.52 Å². The van der Waals surface area contributed by atoms with E-state index in [-0.39, 0.29) is 0 Å². The standard InChI is InChI=1S/C15H10N4O/c16-10-13-9-12(6-7-17-13)15-18-14(19-20-15)8-11-4-2-1-3-5-11/h1-7,9H,8H2. The Bertz CT molecular complexity index is 759. The van der Waals surface area contributed by atoms with E-state index in [4.69, 9.17) is 9.78 Å². The second-order valence-corrected chi connectivity index (χ2v) is 4.22. The maximum Gasteiger partial charge on any atom is 0.258 e. The smallest absolute Gasteiger partial charge is 0.258 e. The molecule has 3 aromatic rings. The number of nitrogens with zero attached hydrogens (tertiary/aromatic N) is 4. The predicted molar refractivity (Wildman–Crippen MR) is 71.5 cm³/mol. The van der Waals surface area contributed by atoms with Crippen molar-refractivity contribution in [3.05, 3.63) is 65.7 Å². The zero-order valence-corrected chi connectivity index (χ0v) is 10.5. The van der Waals surface area contributed by atoms with Gasteiger partial charge in [-0.25, -0.2) is 4.98 Å². The van der Waals surface area contributed by atoms with Gasteiger partial charge in [-0.1, -0.05) is 35.5 Å². The molecule has 2 heterocycles. The third-order valence-electron chi connectivity index (χ3n) is 2.79. The number of pyridine rings is 1. The molecule has 0 fully saturated rings. The summed E-state index contributed by atoms with van der Waals surface area (Å²) < 4.78 is 5.22. The van der Waals surface area contributed by atoms with E-state index in [1.807, 2.05) is 36.4 Å². The number of nitriles is 1. The van der Waals surface area contributed by atoms with Gasteiger partial charge in [0.1, 0.15) is 11.8 Å². The number of hydrogen-bond acceptors (Lipinski definition) is 5. The largest absolute Gasteiger partial charge is 0.334 e. The Morgan fingerprint density at radius 3 is 2.80 bits per heavy atom. The van der Waals surface area contributed by atoms with E-state index in [2.05, 4.69) is 15.1 Å². The van der Waals surface area contributed by atoms with Crippen LogP contribution in [0.25, 0.3) is 11.5 Å². The van der Waals surface area contributed by atoms with Gasteiger partial charge >= 0.3 is 0 Å². The molecule has 2 aromatic heterocycles. The van der Waals surface area contributed by atoms with Crippen LogP contribution >= 0.6 is 0 Å². The summed E-state index contributed by atoms with van der Waals surface area (Å²) in [6.07, 6.45) is 2.16. The second kappa shape index (κ2) is 5.33. The van der Waals surface area contributed by atoms with Gasteiger partial charge in [0, 0.05) is 18.2 Å². The summed E-state index contributed by atoms with van der Waals surface area (Å²) in [7, 11) is 0. The van der Waals surface area contributed by atoms with Crippen molar-refractivity contribution >= 4 is 0 Å². The highest BCUT2D eigenvalue weighted by molar-refractivity contribution is 5.54. The molecule has 3 rings (SSSR count). The van der Waals surface area contributed by atoms with E-state index >= 15 is 0 Å². The highest BCUT2D eigenvalue weighted by atomic mass is 16.5. The fourth-order valence-corrected chi connectivity index (χ4v) is 1.85. The Morgan fingerprint density at radius 2 is 2.00 bits per heavy atom. The quantitative estimate of drug-likeness (QED) is 0.725. The first-order chi connectivity index (χ1) is 9.85. The van der Waals surface area contributed by atoms with Crippen molar-refractivity contribution in [2.24, 2.45) is 0 Å². The van der Waals surface area contributed by atoms with Crippen molar-refractivity contribution in [1.82, 2.24) is 15.1 Å². The van der Waals surface area contributed by atoms with Crippen molar-refractivity contribution in [2.75, 3.05) is 0 Å². The van der Waals surface area contributed by atoms with Crippen LogP contribution in [0.4, 0.5) is 0 Å². The molecule has 0 unspecified atom stereocenters. The molecule has 20 heavy (non-hydrogen) atoms. The molecule has 0 aliphatic carbocycles. The fourth-order valence-electron chi connectivity index (χ4n) is 1.85. The SMILES string of the molecule is N#Cc1cc(-c2nc(Cc3ccccc3)no2)ccn1. The lowest BCUT2D eigenvalue weighted by Gasteiger charge is -1.94. The number of hydrogen-bond donors (Lipinski definition) is 0. The van der Waals surface area contributed by atoms with Gasteiger partial charge in [-0.05, 0) is 17.7 Å². The molecule has 5 heteroatoms. The summed E-state index contributed by atoms with van der Waals surface area (Å²) in [6.45, 7) is 0. The van der Waals surface area contributed by atoms with Crippen LogP contribution in [0.2, 0.25) is 0 Å². The maximum absolute atomic E-state index is 8.83. The Labute approximate surface area is 115 Å². The first-order valence-corrected chi connectivity index (χ1v) is 6.08. The minimum atomic E-state index is 0.324. The Balaban J connectivity index is 1.85. The van der Waals surface area contributed by atoms with Crippen molar-refractivity contribution in [1.29, 1.82) is 5.26 Å². The average molecular weight is 262 g/mol. The van der Waals surface area contributed by atoms with E-state index in [1.165, 1.54) is 0 Å². The van der Waals surface area contributed by atoms with E-state index in [1.54, 1.807) is 18.3 Å². The molecule has 0 N–H and O–H groups in total. The average Bonchev–Trinajstić information content (AvgIpc) is 2.97. The number of aromatic nitrogens is 3. The first kappa shape index (κ1) is 12.1. The van der Waals surface area contributed by atoms with Crippen LogP contribution in [0.1, 0.15) is 17.1 Å². The molecule has 0 spiro atoms. The molecule has 5 nitrogen and oxygen atoms in total. The van der Waals surface area contributed by atoms with Gasteiger partial charge in [0.05, 0.1) is 0 Å². The van der Waals surface area contributed by atoms with Crippen molar-refractivity contribution < 1.29 is 4.52 Å². The third kappa shape index (κ3) is 2.54. The van der Waals surface area contributed by atoms with Crippen LogP contribution in [0, 0.1) is 11.3 Å². The Kier molecular flexibility index (Phi) is 3.21. The Hall–Kier alpha value is -3.00. The minimum Gasteiger partial charge on any atom is -0.334 e. The van der Waals surface area contributed by atoms with Gasteiger partial charge in [0.15, 0.2) is 5.82 Å². The molecule has 0 saturated heterocycles. The highest BCUT2D eigenvalue weighted by Crippen LogP contribution is 2.18. The fraction of sp³-hybridized carbons (Fsp3) is 0.0667. The molecule has 0 radical (unpaired) electrons. The summed E-state index contributed by atoms with van der Waals surface area (Å²) in [5.74, 6) is 1.01. The molecule has 0 atom stereocenters. The third-order valence-corrected chi connectivity index (χ3v) is 2.79. The maximum atomic E-state index is 8.83. The summed E-state index contributed by atoms with van der Waals surface area (Å²) >= 11 is 0. The molecule has 1 aromatic carbocycles. The van der Waals surface area contributed by atoms with Crippen molar-refractivity contribution in [2.45, 2.75) is 6.42 Å². The number of rotatable bonds is 3. The molecule has 96 valence electrons. The normalized spacial score (nSPS) is 10.2. The zero-order valence-electron chi connectivity index (χ0n) is 10.5. The van der Waals surface area contributed by atoms with E-state index in [0.29, 0.717) is 29.4 Å². The molecule has 0 bridgehead atoms. The van der Waals surface area contributed by atoms with E-state index in [0.717, 1.165) is 5.56 Å². The van der Waals surface area contributed by atoms with Gasteiger partial charge in [0.2, 0.25) is 0 Å². The van der Waals surface area contributed by atoms with Crippen LogP contribution in [-0.4, -0.2) is 15.1 Å². The molecule has 0 aliphatic heterocycles. The van der Waals surface area contributed by atoms with Gasteiger partial charge in [-0.3, -0.25) is 0 Å². The first-order valence-electron chi connectivity index (χ1n) is 6.08. The topological polar surface area (TPSA) is 75.6 Å². The van der Waals surface area contributed by atoms with E-state index < -0.39 is 0 Å². The lowest BCUT2D eigenvalue weighted by atomic mass is 10.1. The summed E-state index contributed by atoms with van der Waals surface area (Å²) in [5.41, 5.74) is 2.14. The van der Waals surface area contributed by atoms with Crippen LogP contribution in [0.15, 0.2) is 53.2 Å². The molecular weight excluding hydrogens is 252 g/mol. The molecule has 0 aliphatic rings. The van der Waals surface area contributed by atoms with E-state index in [9.17, 15) is 0 Å².